The first kappa shape index (κ1) is 27.1. The third kappa shape index (κ3) is 6.81. The van der Waals surface area contributed by atoms with E-state index in [1.54, 1.807) is 50.4 Å². The lowest BCUT2D eigenvalue weighted by molar-refractivity contribution is -0.134. The van der Waals surface area contributed by atoms with Gasteiger partial charge >= 0.3 is 0 Å². The number of rotatable bonds is 5. The van der Waals surface area contributed by atoms with Crippen LogP contribution in [0, 0.1) is 5.92 Å². The number of nitrogens with one attached hydrogen (secondary N) is 1. The number of carbonyl (C=O) groups excluding carboxylic acids is 3. The Morgan fingerprint density at radius 3 is 2.64 bits per heavy atom. The minimum Gasteiger partial charge on any atom is -0.491 e. The largest absolute Gasteiger partial charge is 0.491 e. The van der Waals surface area contributed by atoms with Crippen molar-refractivity contribution in [2.75, 3.05) is 39.2 Å². The van der Waals surface area contributed by atoms with Crippen LogP contribution in [0.2, 0.25) is 0 Å². The summed E-state index contributed by atoms with van der Waals surface area (Å²) in [5.41, 5.74) is 1.57. The lowest BCUT2D eigenvalue weighted by atomic mass is 10.0. The van der Waals surface area contributed by atoms with Gasteiger partial charge in [0.25, 0.3) is 5.91 Å². The van der Waals surface area contributed by atoms with Crippen LogP contribution in [0.1, 0.15) is 43.2 Å². The topological polar surface area (TPSA) is 101 Å². The Balaban J connectivity index is 1.93. The van der Waals surface area contributed by atoms with E-state index in [9.17, 15) is 14.4 Å². The third-order valence-corrected chi connectivity index (χ3v) is 6.43. The summed E-state index contributed by atoms with van der Waals surface area (Å²) in [4.78, 5) is 46.3. The molecule has 2 heterocycles. The van der Waals surface area contributed by atoms with Gasteiger partial charge in [0.2, 0.25) is 11.8 Å². The van der Waals surface area contributed by atoms with Crippen LogP contribution < -0.4 is 10.1 Å². The summed E-state index contributed by atoms with van der Waals surface area (Å²) >= 11 is 0. The Hall–Kier alpha value is -3.46. The zero-order valence-electron chi connectivity index (χ0n) is 21.7. The Kier molecular flexibility index (Phi) is 9.41. The van der Waals surface area contributed by atoms with Crippen molar-refractivity contribution in [1.29, 1.82) is 0 Å². The van der Waals surface area contributed by atoms with Crippen LogP contribution in [0.5, 0.6) is 5.75 Å². The molecule has 3 atom stereocenters. The molecule has 0 fully saturated rings. The first-order chi connectivity index (χ1) is 17.2. The fourth-order valence-electron chi connectivity index (χ4n) is 4.21. The van der Waals surface area contributed by atoms with E-state index < -0.39 is 0 Å². The molecular weight excluding hydrogens is 460 g/mol. The molecule has 0 unspecified atom stereocenters. The number of carbonyl (C=O) groups is 3. The van der Waals surface area contributed by atoms with Crippen LogP contribution in [-0.2, 0) is 20.7 Å². The van der Waals surface area contributed by atoms with Gasteiger partial charge in [-0.3, -0.25) is 19.4 Å². The van der Waals surface area contributed by atoms with Crippen molar-refractivity contribution >= 4 is 23.4 Å². The summed E-state index contributed by atoms with van der Waals surface area (Å²) in [5, 5.41) is 2.80. The van der Waals surface area contributed by atoms with E-state index in [0.29, 0.717) is 42.2 Å². The van der Waals surface area contributed by atoms with Gasteiger partial charge in [0.15, 0.2) is 0 Å². The Bertz CT molecular complexity index is 1060. The molecule has 194 valence electrons. The highest BCUT2D eigenvalue weighted by atomic mass is 16.5. The Morgan fingerprint density at radius 1 is 1.19 bits per heavy atom. The number of pyridine rings is 1. The lowest BCUT2D eigenvalue weighted by Gasteiger charge is -2.36. The molecule has 3 rings (SSSR count). The number of anilines is 1. The van der Waals surface area contributed by atoms with Crippen LogP contribution in [0.25, 0.3) is 0 Å². The zero-order valence-corrected chi connectivity index (χ0v) is 21.7. The van der Waals surface area contributed by atoms with E-state index in [-0.39, 0.29) is 48.8 Å². The van der Waals surface area contributed by atoms with Crippen LogP contribution in [0.4, 0.5) is 5.69 Å². The molecule has 1 aliphatic heterocycles. The number of ether oxygens (including phenoxy) is 2. The van der Waals surface area contributed by atoms with E-state index in [0.717, 1.165) is 0 Å². The number of likely N-dealkylation sites (N-methyl/N-ethyl adjacent to an activating group) is 1. The van der Waals surface area contributed by atoms with Crippen LogP contribution >= 0.6 is 0 Å². The van der Waals surface area contributed by atoms with E-state index in [1.807, 2.05) is 36.9 Å². The molecule has 2 aromatic rings. The number of methoxy groups -OCH3 is 1. The van der Waals surface area contributed by atoms with Gasteiger partial charge in [-0.05, 0) is 37.3 Å². The number of nitrogens with zero attached hydrogens (tertiary/aromatic N) is 3. The van der Waals surface area contributed by atoms with Crippen molar-refractivity contribution in [2.24, 2.45) is 5.92 Å². The molecule has 0 bridgehead atoms. The second-order valence-electron chi connectivity index (χ2n) is 9.25. The highest BCUT2D eigenvalue weighted by Crippen LogP contribution is 2.26. The number of hydrogen-bond acceptors (Lipinski definition) is 6. The maximum Gasteiger partial charge on any atom is 0.257 e. The Morgan fingerprint density at radius 2 is 1.97 bits per heavy atom. The van der Waals surface area contributed by atoms with Gasteiger partial charge < -0.3 is 24.6 Å². The maximum atomic E-state index is 13.4. The van der Waals surface area contributed by atoms with Crippen molar-refractivity contribution in [1.82, 2.24) is 14.8 Å². The van der Waals surface area contributed by atoms with Gasteiger partial charge in [-0.2, -0.15) is 0 Å². The average Bonchev–Trinajstić information content (AvgIpc) is 2.88. The predicted octanol–water partition coefficient (Wildman–Crippen LogP) is 3.01. The minimum absolute atomic E-state index is 0.0468. The number of hydrogen-bond donors (Lipinski definition) is 1. The Labute approximate surface area is 212 Å². The van der Waals surface area contributed by atoms with Crippen molar-refractivity contribution in [3.63, 3.8) is 0 Å². The molecule has 36 heavy (non-hydrogen) atoms. The third-order valence-electron chi connectivity index (χ3n) is 6.43. The highest BCUT2D eigenvalue weighted by molar-refractivity contribution is 5.99. The smallest absolute Gasteiger partial charge is 0.257 e. The summed E-state index contributed by atoms with van der Waals surface area (Å²) in [6.07, 6.45) is 1.90. The lowest BCUT2D eigenvalue weighted by Crippen LogP contribution is -2.49. The van der Waals surface area contributed by atoms with E-state index in [1.165, 1.54) is 0 Å². The van der Waals surface area contributed by atoms with Gasteiger partial charge in [0.1, 0.15) is 12.4 Å². The highest BCUT2D eigenvalue weighted by Gasteiger charge is 2.30. The molecule has 0 aliphatic carbocycles. The molecule has 1 aromatic heterocycles. The van der Waals surface area contributed by atoms with Gasteiger partial charge in [-0.25, -0.2) is 0 Å². The van der Waals surface area contributed by atoms with E-state index >= 15 is 0 Å². The monoisotopic (exact) mass is 496 g/mol. The molecule has 0 spiro atoms. The van der Waals surface area contributed by atoms with Gasteiger partial charge in [0.05, 0.1) is 24.1 Å². The summed E-state index contributed by atoms with van der Waals surface area (Å²) in [7, 11) is 3.32. The molecule has 1 aromatic carbocycles. The maximum absolute atomic E-state index is 13.4. The molecule has 0 saturated carbocycles. The second kappa shape index (κ2) is 12.5. The number of aromatic nitrogens is 1. The fraction of sp³-hybridized carbons (Fsp3) is 0.481. The van der Waals surface area contributed by atoms with E-state index in [2.05, 4.69) is 10.3 Å². The number of fused-ring (bicyclic) bond motifs is 1. The first-order valence-electron chi connectivity index (χ1n) is 12.3. The first-order valence-corrected chi connectivity index (χ1v) is 12.3. The standard InChI is InChI=1S/C27H36N4O5/c1-6-25(32)29-21-10-11-23-22(13-21)27(34)30(4)16-24(35-5)18(2)15-31(19(3)17-36-23)26(33)14-20-9-7-8-12-28-20/h7-13,18-19,24H,6,14-17H2,1-5H3,(H,29,32)/t18-,19-,24+/m0/s1. The zero-order chi connectivity index (χ0) is 26.2. The van der Waals surface area contributed by atoms with Crippen LogP contribution in [-0.4, -0.2) is 78.5 Å². The van der Waals surface area contributed by atoms with Gasteiger partial charge in [-0.1, -0.05) is 19.9 Å². The van der Waals surface area contributed by atoms with Crippen molar-refractivity contribution in [3.05, 3.63) is 53.9 Å². The molecule has 0 radical (unpaired) electrons. The summed E-state index contributed by atoms with van der Waals surface area (Å²) in [5.74, 6) is -0.0786. The predicted molar refractivity (Wildman–Crippen MR) is 137 cm³/mol. The quantitative estimate of drug-likeness (QED) is 0.683. The second-order valence-corrected chi connectivity index (χ2v) is 9.25. The average molecular weight is 497 g/mol. The summed E-state index contributed by atoms with van der Waals surface area (Å²) in [6.45, 7) is 6.69. The van der Waals surface area contributed by atoms with Crippen molar-refractivity contribution in [2.45, 2.75) is 45.8 Å². The summed E-state index contributed by atoms with van der Waals surface area (Å²) < 4.78 is 11.8. The van der Waals surface area contributed by atoms with Crippen molar-refractivity contribution in [3.8, 4) is 5.75 Å². The molecule has 1 aliphatic rings. The number of amides is 3. The molecule has 0 saturated heterocycles. The minimum atomic E-state index is -0.289. The summed E-state index contributed by atoms with van der Waals surface area (Å²) in [6, 6.07) is 10.3. The van der Waals surface area contributed by atoms with Gasteiger partial charge in [-0.15, -0.1) is 0 Å². The fourth-order valence-corrected chi connectivity index (χ4v) is 4.21. The molecule has 1 N–H and O–H groups in total. The van der Waals surface area contributed by atoms with Crippen LogP contribution in [0.15, 0.2) is 42.6 Å². The molecule has 9 nitrogen and oxygen atoms in total. The van der Waals surface area contributed by atoms with Gasteiger partial charge in [0, 0.05) is 57.2 Å². The molecule has 9 heteroatoms. The normalized spacial score (nSPS) is 21.0. The van der Waals surface area contributed by atoms with Crippen LogP contribution in [0.3, 0.4) is 0 Å². The van der Waals surface area contributed by atoms with Crippen molar-refractivity contribution < 1.29 is 23.9 Å². The SMILES string of the molecule is CCC(=O)Nc1ccc2c(c1)C(=O)N(C)C[C@@H](OC)[C@@H](C)CN(C(=O)Cc1ccccn1)[C@@H](C)CO2. The molecular formula is C27H36N4O5. The van der Waals surface area contributed by atoms with E-state index in [4.69, 9.17) is 9.47 Å². The number of benzene rings is 1. The molecule has 3 amide bonds.